The van der Waals surface area contributed by atoms with E-state index in [1.165, 1.54) is 30.5 Å². The topological polar surface area (TPSA) is 29.3 Å². The summed E-state index contributed by atoms with van der Waals surface area (Å²) < 4.78 is 0. The Balaban J connectivity index is 1.72. The molecule has 22 heavy (non-hydrogen) atoms. The maximum atomic E-state index is 6.37. The van der Waals surface area contributed by atoms with Crippen LogP contribution in [0.4, 0.5) is 0 Å². The van der Waals surface area contributed by atoms with Crippen LogP contribution in [0.25, 0.3) is 0 Å². The van der Waals surface area contributed by atoms with Gasteiger partial charge in [0.05, 0.1) is 0 Å². The minimum atomic E-state index is 0.230. The molecule has 122 valence electrons. The minimum Gasteiger partial charge on any atom is -0.327 e. The molecule has 1 heterocycles. The highest BCUT2D eigenvalue weighted by Gasteiger charge is 2.36. The Morgan fingerprint density at radius 1 is 1.09 bits per heavy atom. The number of nitrogens with zero attached hydrogens (tertiary/aromatic N) is 1. The molecule has 1 aromatic carbocycles. The van der Waals surface area contributed by atoms with Crippen molar-refractivity contribution in [3.05, 3.63) is 35.4 Å². The molecule has 2 nitrogen and oxygen atoms in total. The molecule has 1 saturated carbocycles. The zero-order chi connectivity index (χ0) is 15.9. The highest BCUT2D eigenvalue weighted by molar-refractivity contribution is 5.30. The fourth-order valence-electron chi connectivity index (χ4n) is 3.88. The van der Waals surface area contributed by atoms with Crippen molar-refractivity contribution in [1.29, 1.82) is 0 Å². The summed E-state index contributed by atoms with van der Waals surface area (Å²) in [6, 6.07) is 10.3. The van der Waals surface area contributed by atoms with E-state index in [4.69, 9.17) is 5.73 Å². The lowest BCUT2D eigenvalue weighted by Crippen LogP contribution is -2.50. The number of hydrogen-bond acceptors (Lipinski definition) is 2. The van der Waals surface area contributed by atoms with Gasteiger partial charge in [-0.05, 0) is 54.6 Å². The monoisotopic (exact) mass is 300 g/mol. The third-order valence-corrected chi connectivity index (χ3v) is 5.64. The summed E-state index contributed by atoms with van der Waals surface area (Å²) >= 11 is 0. The van der Waals surface area contributed by atoms with E-state index < -0.39 is 0 Å². The van der Waals surface area contributed by atoms with Gasteiger partial charge in [0.2, 0.25) is 0 Å². The molecule has 3 atom stereocenters. The molecule has 1 aliphatic heterocycles. The van der Waals surface area contributed by atoms with Crippen molar-refractivity contribution in [2.24, 2.45) is 11.7 Å². The van der Waals surface area contributed by atoms with E-state index in [0.717, 1.165) is 18.9 Å². The second-order valence-electron chi connectivity index (χ2n) is 8.60. The van der Waals surface area contributed by atoms with Gasteiger partial charge >= 0.3 is 0 Å². The zero-order valence-corrected chi connectivity index (χ0v) is 14.7. The highest BCUT2D eigenvalue weighted by atomic mass is 15.2. The third-order valence-electron chi connectivity index (χ3n) is 5.64. The molecule has 0 bridgehead atoms. The average molecular weight is 300 g/mol. The van der Waals surface area contributed by atoms with Crippen LogP contribution in [0.1, 0.15) is 64.0 Å². The van der Waals surface area contributed by atoms with Crippen molar-refractivity contribution in [2.45, 2.75) is 70.4 Å². The summed E-state index contributed by atoms with van der Waals surface area (Å²) in [5.74, 6) is 1.52. The van der Waals surface area contributed by atoms with Gasteiger partial charge in [0.15, 0.2) is 0 Å². The number of likely N-dealkylation sites (tertiary alicyclic amines) is 1. The molecule has 0 spiro atoms. The first-order valence-corrected chi connectivity index (χ1v) is 8.94. The third kappa shape index (κ3) is 3.55. The lowest BCUT2D eigenvalue weighted by atomic mass is 9.83. The lowest BCUT2D eigenvalue weighted by Gasteiger charge is -2.40. The van der Waals surface area contributed by atoms with Crippen molar-refractivity contribution >= 4 is 0 Å². The van der Waals surface area contributed by atoms with Gasteiger partial charge < -0.3 is 5.73 Å². The second kappa shape index (κ2) is 5.98. The Morgan fingerprint density at radius 2 is 1.73 bits per heavy atom. The Labute approximate surface area is 136 Å². The van der Waals surface area contributed by atoms with Gasteiger partial charge in [-0.3, -0.25) is 4.90 Å². The summed E-state index contributed by atoms with van der Waals surface area (Å²) in [7, 11) is 0. The number of rotatable bonds is 3. The summed E-state index contributed by atoms with van der Waals surface area (Å²) in [6.07, 6.45) is 3.96. The molecule has 0 radical (unpaired) electrons. The predicted octanol–water partition coefficient (Wildman–Crippen LogP) is 3.90. The Hall–Kier alpha value is -0.860. The van der Waals surface area contributed by atoms with Crippen molar-refractivity contribution in [2.75, 3.05) is 13.1 Å². The Morgan fingerprint density at radius 3 is 2.27 bits per heavy atom. The minimum absolute atomic E-state index is 0.230. The first-order valence-electron chi connectivity index (χ1n) is 8.94. The maximum absolute atomic E-state index is 6.37. The SMILES string of the molecule is CC(C1CC1)N1CC(N)CC(c2ccc(C(C)(C)C)cc2)C1. The summed E-state index contributed by atoms with van der Waals surface area (Å²) in [4.78, 5) is 2.65. The van der Waals surface area contributed by atoms with Crippen molar-refractivity contribution in [1.82, 2.24) is 4.90 Å². The molecule has 2 aliphatic rings. The van der Waals surface area contributed by atoms with Gasteiger partial charge in [-0.2, -0.15) is 0 Å². The van der Waals surface area contributed by atoms with E-state index >= 15 is 0 Å². The standard InChI is InChI=1S/C20H32N2/c1-14(15-5-6-15)22-12-17(11-19(21)13-22)16-7-9-18(10-8-16)20(2,3)4/h7-10,14-15,17,19H,5-6,11-13,21H2,1-4H3. The number of nitrogens with two attached hydrogens (primary N) is 1. The molecule has 2 fully saturated rings. The van der Waals surface area contributed by atoms with Crippen molar-refractivity contribution in [3.8, 4) is 0 Å². The lowest BCUT2D eigenvalue weighted by molar-refractivity contribution is 0.130. The second-order valence-corrected chi connectivity index (χ2v) is 8.60. The number of piperidine rings is 1. The molecule has 0 aromatic heterocycles. The van der Waals surface area contributed by atoms with E-state index in [1.807, 2.05) is 0 Å². The molecule has 1 aromatic rings. The number of benzene rings is 1. The van der Waals surface area contributed by atoms with Crippen molar-refractivity contribution in [3.63, 3.8) is 0 Å². The van der Waals surface area contributed by atoms with Crippen LogP contribution in [0, 0.1) is 5.92 Å². The average Bonchev–Trinajstić information content (AvgIpc) is 3.29. The van der Waals surface area contributed by atoms with Gasteiger partial charge in [0.25, 0.3) is 0 Å². The quantitative estimate of drug-likeness (QED) is 0.917. The molecule has 3 rings (SSSR count). The van der Waals surface area contributed by atoms with Crippen LogP contribution >= 0.6 is 0 Å². The fourth-order valence-corrected chi connectivity index (χ4v) is 3.88. The predicted molar refractivity (Wildman–Crippen MR) is 94.2 cm³/mol. The Bertz CT molecular complexity index is 495. The van der Waals surface area contributed by atoms with E-state index in [0.29, 0.717) is 18.0 Å². The summed E-state index contributed by atoms with van der Waals surface area (Å²) in [5.41, 5.74) is 9.48. The first kappa shape index (κ1) is 16.0. The van der Waals surface area contributed by atoms with E-state index in [2.05, 4.69) is 56.9 Å². The summed E-state index contributed by atoms with van der Waals surface area (Å²) in [6.45, 7) is 11.5. The fraction of sp³-hybridized carbons (Fsp3) is 0.700. The molecule has 1 saturated heterocycles. The zero-order valence-electron chi connectivity index (χ0n) is 14.7. The van der Waals surface area contributed by atoms with Gasteiger partial charge in [-0.15, -0.1) is 0 Å². The van der Waals surface area contributed by atoms with Gasteiger partial charge in [0, 0.05) is 25.2 Å². The van der Waals surface area contributed by atoms with Crippen LogP contribution in [0.15, 0.2) is 24.3 Å². The molecular formula is C20H32N2. The van der Waals surface area contributed by atoms with Crippen LogP contribution in [0.2, 0.25) is 0 Å². The van der Waals surface area contributed by atoms with E-state index in [1.54, 1.807) is 0 Å². The highest BCUT2D eigenvalue weighted by Crippen LogP contribution is 2.38. The van der Waals surface area contributed by atoms with E-state index in [-0.39, 0.29) is 5.41 Å². The molecule has 2 heteroatoms. The molecule has 0 amide bonds. The molecule has 2 N–H and O–H groups in total. The van der Waals surface area contributed by atoms with Crippen LogP contribution in [-0.4, -0.2) is 30.1 Å². The van der Waals surface area contributed by atoms with Gasteiger partial charge in [0.1, 0.15) is 0 Å². The van der Waals surface area contributed by atoms with Gasteiger partial charge in [-0.1, -0.05) is 45.0 Å². The van der Waals surface area contributed by atoms with Crippen LogP contribution < -0.4 is 5.73 Å². The molecule has 3 unspecified atom stereocenters. The van der Waals surface area contributed by atoms with Crippen LogP contribution in [-0.2, 0) is 5.41 Å². The smallest absolute Gasteiger partial charge is 0.0174 e. The molecule has 1 aliphatic carbocycles. The van der Waals surface area contributed by atoms with E-state index in [9.17, 15) is 0 Å². The van der Waals surface area contributed by atoms with Crippen LogP contribution in [0.5, 0.6) is 0 Å². The Kier molecular flexibility index (Phi) is 4.35. The normalized spacial score (nSPS) is 28.6. The maximum Gasteiger partial charge on any atom is 0.0174 e. The van der Waals surface area contributed by atoms with Gasteiger partial charge in [-0.25, -0.2) is 0 Å². The first-order chi connectivity index (χ1) is 10.3. The number of hydrogen-bond donors (Lipinski definition) is 1. The molecular weight excluding hydrogens is 268 g/mol. The largest absolute Gasteiger partial charge is 0.327 e. The summed E-state index contributed by atoms with van der Waals surface area (Å²) in [5, 5.41) is 0. The van der Waals surface area contributed by atoms with Crippen LogP contribution in [0.3, 0.4) is 0 Å². The van der Waals surface area contributed by atoms with Crippen molar-refractivity contribution < 1.29 is 0 Å².